The number of anilines is 1. The summed E-state index contributed by atoms with van der Waals surface area (Å²) in [5, 5.41) is 0. The van der Waals surface area contributed by atoms with Crippen molar-refractivity contribution >= 4 is 35.2 Å². The third-order valence-electron chi connectivity index (χ3n) is 6.39. The summed E-state index contributed by atoms with van der Waals surface area (Å²) in [6.07, 6.45) is 0. The van der Waals surface area contributed by atoms with E-state index in [1.165, 1.54) is 5.69 Å². The zero-order valence-corrected chi connectivity index (χ0v) is 18.7. The monoisotopic (exact) mass is 450 g/mol. The van der Waals surface area contributed by atoms with Gasteiger partial charge in [-0.15, -0.1) is 11.8 Å². The molecule has 3 heterocycles. The molecule has 0 unspecified atom stereocenters. The molecule has 0 spiro atoms. The molecule has 8 heteroatoms. The second-order valence-electron chi connectivity index (χ2n) is 8.39. The van der Waals surface area contributed by atoms with Crippen LogP contribution < -0.4 is 4.90 Å². The standard InChI is InChI=1S/C24H26N4O3S/c29-22-15-27(24(31)21-16-32-17-28(21)22)14-18-6-8-19(9-7-18)23(30)26-12-10-25(11-13-26)20-4-2-1-3-5-20/h1-9,21H,10-17H2/t21-/m1/s1. The molecule has 1 atom stereocenters. The molecular formula is C24H26N4O3S. The molecule has 2 aromatic rings. The topological polar surface area (TPSA) is 64.2 Å². The molecule has 3 aliphatic rings. The van der Waals surface area contributed by atoms with Crippen LogP contribution in [0, 0.1) is 0 Å². The minimum Gasteiger partial charge on any atom is -0.368 e. The van der Waals surface area contributed by atoms with Gasteiger partial charge in [0.25, 0.3) is 5.91 Å². The molecule has 3 fully saturated rings. The first-order valence-corrected chi connectivity index (χ1v) is 12.1. The molecule has 5 rings (SSSR count). The molecule has 2 aromatic carbocycles. The van der Waals surface area contributed by atoms with Crippen LogP contribution in [0.4, 0.5) is 5.69 Å². The van der Waals surface area contributed by atoms with E-state index in [2.05, 4.69) is 17.0 Å². The molecule has 0 saturated carbocycles. The van der Waals surface area contributed by atoms with Gasteiger partial charge in [-0.3, -0.25) is 14.4 Å². The number of thioether (sulfide) groups is 1. The van der Waals surface area contributed by atoms with E-state index in [0.717, 1.165) is 18.7 Å². The first-order valence-electron chi connectivity index (χ1n) is 10.9. The highest BCUT2D eigenvalue weighted by atomic mass is 32.2. The van der Waals surface area contributed by atoms with Crippen LogP contribution in [0.15, 0.2) is 54.6 Å². The van der Waals surface area contributed by atoms with Gasteiger partial charge in [-0.25, -0.2) is 0 Å². The van der Waals surface area contributed by atoms with Crippen LogP contribution in [0.1, 0.15) is 15.9 Å². The van der Waals surface area contributed by atoms with Crippen molar-refractivity contribution in [3.63, 3.8) is 0 Å². The zero-order chi connectivity index (χ0) is 22.1. The van der Waals surface area contributed by atoms with E-state index >= 15 is 0 Å². The zero-order valence-electron chi connectivity index (χ0n) is 17.9. The predicted molar refractivity (Wildman–Crippen MR) is 124 cm³/mol. The maximum atomic E-state index is 13.0. The Bertz CT molecular complexity index is 1010. The minimum atomic E-state index is -0.323. The maximum Gasteiger partial charge on any atom is 0.253 e. The summed E-state index contributed by atoms with van der Waals surface area (Å²) in [6.45, 7) is 3.53. The highest BCUT2D eigenvalue weighted by Crippen LogP contribution is 2.27. The number of para-hydroxylation sites is 1. The van der Waals surface area contributed by atoms with E-state index in [1.807, 2.05) is 47.4 Å². The van der Waals surface area contributed by atoms with Crippen molar-refractivity contribution < 1.29 is 14.4 Å². The highest BCUT2D eigenvalue weighted by Gasteiger charge is 2.42. The number of hydrogen-bond acceptors (Lipinski definition) is 5. The lowest BCUT2D eigenvalue weighted by Crippen LogP contribution is -2.57. The normalized spacial score (nSPS) is 21.2. The number of rotatable bonds is 4. The van der Waals surface area contributed by atoms with E-state index in [-0.39, 0.29) is 30.3 Å². The van der Waals surface area contributed by atoms with E-state index in [1.54, 1.807) is 21.6 Å². The van der Waals surface area contributed by atoms with Crippen molar-refractivity contribution in [3.8, 4) is 0 Å². The molecule has 32 heavy (non-hydrogen) atoms. The van der Waals surface area contributed by atoms with Crippen molar-refractivity contribution in [1.29, 1.82) is 0 Å². The lowest BCUT2D eigenvalue weighted by molar-refractivity contribution is -0.153. The van der Waals surface area contributed by atoms with Crippen molar-refractivity contribution in [2.75, 3.05) is 49.3 Å². The van der Waals surface area contributed by atoms with Gasteiger partial charge >= 0.3 is 0 Å². The van der Waals surface area contributed by atoms with Crippen LogP contribution in [0.2, 0.25) is 0 Å². The third-order valence-corrected chi connectivity index (χ3v) is 7.40. The van der Waals surface area contributed by atoms with Crippen LogP contribution in [0.3, 0.4) is 0 Å². The summed E-state index contributed by atoms with van der Waals surface area (Å²) >= 11 is 1.63. The summed E-state index contributed by atoms with van der Waals surface area (Å²) in [5.41, 5.74) is 2.77. The van der Waals surface area contributed by atoms with Crippen LogP contribution >= 0.6 is 11.8 Å². The Kier molecular flexibility index (Phi) is 5.78. The summed E-state index contributed by atoms with van der Waals surface area (Å²) in [4.78, 5) is 45.5. The number of carbonyl (C=O) groups excluding carboxylic acids is 3. The van der Waals surface area contributed by atoms with E-state index < -0.39 is 0 Å². The molecule has 0 aliphatic carbocycles. The summed E-state index contributed by atoms with van der Waals surface area (Å²) < 4.78 is 0. The first-order chi connectivity index (χ1) is 15.6. The molecular weight excluding hydrogens is 424 g/mol. The first kappa shape index (κ1) is 20.9. The van der Waals surface area contributed by atoms with Gasteiger partial charge in [0.2, 0.25) is 11.8 Å². The van der Waals surface area contributed by atoms with Crippen molar-refractivity contribution in [3.05, 3.63) is 65.7 Å². The number of carbonyl (C=O) groups is 3. The fraction of sp³-hybridized carbons (Fsp3) is 0.375. The number of hydrogen-bond donors (Lipinski definition) is 0. The van der Waals surface area contributed by atoms with Crippen LogP contribution in [0.25, 0.3) is 0 Å². The van der Waals surface area contributed by atoms with Crippen molar-refractivity contribution in [2.45, 2.75) is 12.6 Å². The average molecular weight is 451 g/mol. The van der Waals surface area contributed by atoms with E-state index in [4.69, 9.17) is 0 Å². The minimum absolute atomic E-state index is 0.0149. The van der Waals surface area contributed by atoms with Crippen LogP contribution in [0.5, 0.6) is 0 Å². The second kappa shape index (κ2) is 8.86. The Balaban J connectivity index is 1.18. The highest BCUT2D eigenvalue weighted by molar-refractivity contribution is 7.99. The number of amides is 3. The lowest BCUT2D eigenvalue weighted by atomic mass is 10.1. The van der Waals surface area contributed by atoms with E-state index in [0.29, 0.717) is 36.8 Å². The molecule has 0 N–H and O–H groups in total. The van der Waals surface area contributed by atoms with Crippen molar-refractivity contribution in [1.82, 2.24) is 14.7 Å². The summed E-state index contributed by atoms with van der Waals surface area (Å²) in [5.74, 6) is 1.35. The fourth-order valence-electron chi connectivity index (χ4n) is 4.53. The number of fused-ring (bicyclic) bond motifs is 1. The Morgan fingerprint density at radius 1 is 0.938 bits per heavy atom. The average Bonchev–Trinajstić information content (AvgIpc) is 3.34. The molecule has 0 aromatic heterocycles. The lowest BCUT2D eigenvalue weighted by Gasteiger charge is -2.36. The smallest absolute Gasteiger partial charge is 0.253 e. The van der Waals surface area contributed by atoms with Gasteiger partial charge < -0.3 is 19.6 Å². The third kappa shape index (κ3) is 4.07. The van der Waals surface area contributed by atoms with Crippen LogP contribution in [-0.4, -0.2) is 82.8 Å². The van der Waals surface area contributed by atoms with Crippen molar-refractivity contribution in [2.24, 2.45) is 0 Å². The second-order valence-corrected chi connectivity index (χ2v) is 9.39. The van der Waals surface area contributed by atoms with Gasteiger partial charge in [0.15, 0.2) is 0 Å². The largest absolute Gasteiger partial charge is 0.368 e. The van der Waals surface area contributed by atoms with E-state index in [9.17, 15) is 14.4 Å². The summed E-state index contributed by atoms with van der Waals surface area (Å²) in [6, 6.07) is 17.4. The molecule has 3 saturated heterocycles. The number of piperazine rings is 2. The van der Waals surface area contributed by atoms with Gasteiger partial charge in [-0.2, -0.15) is 0 Å². The van der Waals surface area contributed by atoms with Gasteiger partial charge in [-0.05, 0) is 29.8 Å². The molecule has 3 amide bonds. The molecule has 0 radical (unpaired) electrons. The Hall–Kier alpha value is -3.00. The van der Waals surface area contributed by atoms with Gasteiger partial charge in [0, 0.05) is 49.7 Å². The Morgan fingerprint density at radius 2 is 1.66 bits per heavy atom. The molecule has 166 valence electrons. The predicted octanol–water partition coefficient (Wildman–Crippen LogP) is 1.89. The van der Waals surface area contributed by atoms with Gasteiger partial charge in [-0.1, -0.05) is 30.3 Å². The molecule has 7 nitrogen and oxygen atoms in total. The summed E-state index contributed by atoms with van der Waals surface area (Å²) in [7, 11) is 0. The number of benzene rings is 2. The number of nitrogens with zero attached hydrogens (tertiary/aromatic N) is 4. The Labute approximate surface area is 191 Å². The Morgan fingerprint density at radius 3 is 2.38 bits per heavy atom. The fourth-order valence-corrected chi connectivity index (χ4v) is 5.70. The molecule has 0 bridgehead atoms. The van der Waals surface area contributed by atoms with Gasteiger partial charge in [0.1, 0.15) is 12.6 Å². The molecule has 3 aliphatic heterocycles. The van der Waals surface area contributed by atoms with Crippen LogP contribution in [-0.2, 0) is 16.1 Å². The SMILES string of the molecule is O=C(c1ccc(CN2CC(=O)N3CSC[C@@H]3C2=O)cc1)N1CCN(c2ccccc2)CC1. The quantitative estimate of drug-likeness (QED) is 0.712. The van der Waals surface area contributed by atoms with Gasteiger partial charge in [0.05, 0.1) is 5.88 Å². The maximum absolute atomic E-state index is 13.0.